The largest absolute Gasteiger partial charge is 0.354 e. The first-order chi connectivity index (χ1) is 9.83. The highest BCUT2D eigenvalue weighted by Crippen LogP contribution is 2.26. The fourth-order valence-corrected chi connectivity index (χ4v) is 3.42. The van der Waals surface area contributed by atoms with E-state index in [-0.39, 0.29) is 0 Å². The van der Waals surface area contributed by atoms with Crippen LogP contribution < -0.4 is 5.32 Å². The molecule has 2 aliphatic rings. The Balaban J connectivity index is 1.51. The highest BCUT2D eigenvalue weighted by molar-refractivity contribution is 6.30. The molecule has 1 aliphatic heterocycles. The van der Waals surface area contributed by atoms with Crippen LogP contribution >= 0.6 is 11.6 Å². The van der Waals surface area contributed by atoms with Crippen molar-refractivity contribution in [2.45, 2.75) is 44.9 Å². The molecule has 0 saturated carbocycles. The number of aryl methyl sites for hydroxylation is 1. The Morgan fingerprint density at radius 3 is 2.70 bits per heavy atom. The molecule has 3 rings (SSSR count). The van der Waals surface area contributed by atoms with E-state index in [0.29, 0.717) is 11.1 Å². The van der Waals surface area contributed by atoms with Gasteiger partial charge in [0.15, 0.2) is 0 Å². The van der Waals surface area contributed by atoms with Crippen molar-refractivity contribution >= 4 is 17.5 Å². The van der Waals surface area contributed by atoms with Crippen LogP contribution in [-0.4, -0.2) is 41.0 Å². The summed E-state index contributed by atoms with van der Waals surface area (Å²) in [6.07, 6.45) is 8.35. The molecule has 0 unspecified atom stereocenters. The third-order valence-electron chi connectivity index (χ3n) is 4.27. The number of fused-ring (bicyclic) bond motifs is 1. The van der Waals surface area contributed by atoms with E-state index >= 15 is 0 Å². The summed E-state index contributed by atoms with van der Waals surface area (Å²) < 4.78 is 0. The first-order valence-electron chi connectivity index (χ1n) is 7.84. The van der Waals surface area contributed by atoms with Gasteiger partial charge in [-0.25, -0.2) is 9.97 Å². The maximum Gasteiger partial charge on any atom is 0.224 e. The normalized spacial score (nSPS) is 19.1. The molecule has 20 heavy (non-hydrogen) atoms. The molecular weight excluding hydrogens is 272 g/mol. The van der Waals surface area contributed by atoms with Crippen LogP contribution in [0.25, 0.3) is 0 Å². The molecule has 1 aromatic heterocycles. The zero-order valence-corrected chi connectivity index (χ0v) is 12.8. The lowest BCUT2D eigenvalue weighted by molar-refractivity contribution is 0.337. The zero-order valence-electron chi connectivity index (χ0n) is 12.0. The second-order valence-electron chi connectivity index (χ2n) is 5.80. The number of hydrogen-bond acceptors (Lipinski definition) is 4. The van der Waals surface area contributed by atoms with E-state index in [1.54, 1.807) is 0 Å². The van der Waals surface area contributed by atoms with Crippen molar-refractivity contribution in [3.05, 3.63) is 16.4 Å². The summed E-state index contributed by atoms with van der Waals surface area (Å²) >= 11 is 6.26. The molecule has 0 bridgehead atoms. The third-order valence-corrected chi connectivity index (χ3v) is 4.58. The van der Waals surface area contributed by atoms with Crippen LogP contribution in [0.4, 0.5) is 5.95 Å². The van der Waals surface area contributed by atoms with Crippen LogP contribution in [0.3, 0.4) is 0 Å². The first-order valence-corrected chi connectivity index (χ1v) is 8.22. The van der Waals surface area contributed by atoms with E-state index in [1.807, 2.05) is 0 Å². The van der Waals surface area contributed by atoms with Gasteiger partial charge in [-0.2, -0.15) is 0 Å². The molecule has 0 amide bonds. The van der Waals surface area contributed by atoms with E-state index in [2.05, 4.69) is 20.2 Å². The van der Waals surface area contributed by atoms with Gasteiger partial charge in [-0.15, -0.1) is 0 Å². The molecule has 1 aliphatic carbocycles. The standard InChI is InChI=1S/C15H23ClN4/c16-14-12-6-1-2-7-13(12)18-15(19-14)17-8-5-11-20-9-3-4-10-20/h1-11H2,(H,17,18,19). The first kappa shape index (κ1) is 14.1. The number of nitrogens with zero attached hydrogens (tertiary/aromatic N) is 3. The molecule has 0 aromatic carbocycles. The van der Waals surface area contributed by atoms with Crippen molar-refractivity contribution in [2.75, 3.05) is 31.5 Å². The summed E-state index contributed by atoms with van der Waals surface area (Å²) in [5, 5.41) is 3.98. The SMILES string of the molecule is Clc1nc(NCCCN2CCCC2)nc2c1CCCC2. The quantitative estimate of drug-likeness (QED) is 0.670. The summed E-state index contributed by atoms with van der Waals surface area (Å²) in [7, 11) is 0. The summed E-state index contributed by atoms with van der Waals surface area (Å²) in [4.78, 5) is 11.5. The number of likely N-dealkylation sites (tertiary alicyclic amines) is 1. The van der Waals surface area contributed by atoms with Gasteiger partial charge in [0.05, 0.1) is 5.69 Å². The van der Waals surface area contributed by atoms with Crippen LogP contribution in [0, 0.1) is 0 Å². The van der Waals surface area contributed by atoms with Gasteiger partial charge in [0, 0.05) is 12.1 Å². The lowest BCUT2D eigenvalue weighted by Gasteiger charge is -2.17. The summed E-state index contributed by atoms with van der Waals surface area (Å²) in [6.45, 7) is 4.62. The van der Waals surface area contributed by atoms with Gasteiger partial charge in [-0.3, -0.25) is 0 Å². The Bertz CT molecular complexity index is 457. The van der Waals surface area contributed by atoms with E-state index in [1.165, 1.54) is 50.9 Å². The summed E-state index contributed by atoms with van der Waals surface area (Å²) in [6, 6.07) is 0. The lowest BCUT2D eigenvalue weighted by atomic mass is 9.97. The minimum atomic E-state index is 0.650. The molecular formula is C15H23ClN4. The Kier molecular flexibility index (Phi) is 4.73. The number of aromatic nitrogens is 2. The Morgan fingerprint density at radius 1 is 1.05 bits per heavy atom. The smallest absolute Gasteiger partial charge is 0.224 e. The second-order valence-corrected chi connectivity index (χ2v) is 6.16. The van der Waals surface area contributed by atoms with Crippen LogP contribution in [0.5, 0.6) is 0 Å². The molecule has 110 valence electrons. The van der Waals surface area contributed by atoms with Gasteiger partial charge in [0.25, 0.3) is 0 Å². The summed E-state index contributed by atoms with van der Waals surface area (Å²) in [5.41, 5.74) is 2.32. The third kappa shape index (κ3) is 3.41. The molecule has 0 radical (unpaired) electrons. The molecule has 4 nitrogen and oxygen atoms in total. The molecule has 5 heteroatoms. The van der Waals surface area contributed by atoms with Crippen molar-refractivity contribution in [3.8, 4) is 0 Å². The number of hydrogen-bond donors (Lipinski definition) is 1. The van der Waals surface area contributed by atoms with Gasteiger partial charge in [0.1, 0.15) is 5.15 Å². The fraction of sp³-hybridized carbons (Fsp3) is 0.733. The molecule has 2 heterocycles. The minimum absolute atomic E-state index is 0.650. The Labute approximate surface area is 125 Å². The van der Waals surface area contributed by atoms with Crippen molar-refractivity contribution in [1.82, 2.24) is 14.9 Å². The molecule has 1 N–H and O–H groups in total. The van der Waals surface area contributed by atoms with Crippen molar-refractivity contribution < 1.29 is 0 Å². The van der Waals surface area contributed by atoms with Crippen molar-refractivity contribution in [1.29, 1.82) is 0 Å². The average molecular weight is 295 g/mol. The van der Waals surface area contributed by atoms with Crippen molar-refractivity contribution in [3.63, 3.8) is 0 Å². The van der Waals surface area contributed by atoms with E-state index in [9.17, 15) is 0 Å². The van der Waals surface area contributed by atoms with Crippen LogP contribution in [0.2, 0.25) is 5.15 Å². The highest BCUT2D eigenvalue weighted by Gasteiger charge is 2.16. The van der Waals surface area contributed by atoms with Gasteiger partial charge in [0.2, 0.25) is 5.95 Å². The van der Waals surface area contributed by atoms with Gasteiger partial charge in [-0.1, -0.05) is 11.6 Å². The molecule has 1 aromatic rings. The molecule has 1 fully saturated rings. The fourth-order valence-electron chi connectivity index (χ4n) is 3.14. The minimum Gasteiger partial charge on any atom is -0.354 e. The van der Waals surface area contributed by atoms with E-state index < -0.39 is 0 Å². The van der Waals surface area contributed by atoms with Gasteiger partial charge in [-0.05, 0) is 64.6 Å². The van der Waals surface area contributed by atoms with Gasteiger partial charge >= 0.3 is 0 Å². The van der Waals surface area contributed by atoms with Crippen LogP contribution in [0.1, 0.15) is 43.4 Å². The zero-order chi connectivity index (χ0) is 13.8. The number of halogens is 1. The predicted molar refractivity (Wildman–Crippen MR) is 82.5 cm³/mol. The highest BCUT2D eigenvalue weighted by atomic mass is 35.5. The molecule has 0 spiro atoms. The predicted octanol–water partition coefficient (Wildman–Crippen LogP) is 2.91. The van der Waals surface area contributed by atoms with Crippen LogP contribution in [-0.2, 0) is 12.8 Å². The average Bonchev–Trinajstić information content (AvgIpc) is 2.97. The second kappa shape index (κ2) is 6.72. The van der Waals surface area contributed by atoms with E-state index in [4.69, 9.17) is 11.6 Å². The molecule has 0 atom stereocenters. The lowest BCUT2D eigenvalue weighted by Crippen LogP contribution is -2.22. The Morgan fingerprint density at radius 2 is 1.85 bits per heavy atom. The topological polar surface area (TPSA) is 41.1 Å². The maximum absolute atomic E-state index is 6.26. The van der Waals surface area contributed by atoms with Crippen LogP contribution in [0.15, 0.2) is 0 Å². The van der Waals surface area contributed by atoms with E-state index in [0.717, 1.165) is 31.5 Å². The number of nitrogens with one attached hydrogen (secondary N) is 1. The number of anilines is 1. The van der Waals surface area contributed by atoms with Crippen molar-refractivity contribution in [2.24, 2.45) is 0 Å². The molecule has 1 saturated heterocycles. The Hall–Kier alpha value is -0.870. The number of rotatable bonds is 5. The monoisotopic (exact) mass is 294 g/mol. The maximum atomic E-state index is 6.26. The van der Waals surface area contributed by atoms with Gasteiger partial charge < -0.3 is 10.2 Å². The summed E-state index contributed by atoms with van der Waals surface area (Å²) in [5.74, 6) is 0.706.